The van der Waals surface area contributed by atoms with E-state index < -0.39 is 12.0 Å². The molecule has 2 aromatic rings. The number of carboxylic acid groups (broad SMARTS) is 1. The van der Waals surface area contributed by atoms with Crippen molar-refractivity contribution in [3.63, 3.8) is 0 Å². The van der Waals surface area contributed by atoms with Gasteiger partial charge in [-0.05, 0) is 43.7 Å². The standard InChI is InChI=1S/C21H25N3O5/c1-3-24(4-2)19(25)14-29-18-7-5-6-17(12-18)23-21(28)22-13-15-8-10-16(11-9-15)20(26)27/h5-12H,3-4,13-14H2,1-2H3,(H,26,27)(H2,22,23,28). The molecule has 0 atom stereocenters. The molecule has 154 valence electrons. The molecule has 29 heavy (non-hydrogen) atoms. The third-order valence-corrected chi connectivity index (χ3v) is 4.22. The molecule has 0 heterocycles. The van der Waals surface area contributed by atoms with Crippen LogP contribution in [0.15, 0.2) is 48.5 Å². The number of ether oxygens (including phenoxy) is 1. The summed E-state index contributed by atoms with van der Waals surface area (Å²) in [5.74, 6) is -0.615. The number of nitrogens with one attached hydrogen (secondary N) is 2. The van der Waals surface area contributed by atoms with Crippen LogP contribution in [-0.2, 0) is 11.3 Å². The third-order valence-electron chi connectivity index (χ3n) is 4.22. The van der Waals surface area contributed by atoms with Gasteiger partial charge in [0.2, 0.25) is 0 Å². The number of benzene rings is 2. The Morgan fingerprint density at radius 2 is 1.72 bits per heavy atom. The Kier molecular flexibility index (Phi) is 8.02. The fourth-order valence-corrected chi connectivity index (χ4v) is 2.60. The number of hydrogen-bond acceptors (Lipinski definition) is 4. The topological polar surface area (TPSA) is 108 Å². The number of aromatic carboxylic acids is 1. The second-order valence-corrected chi connectivity index (χ2v) is 6.19. The quantitative estimate of drug-likeness (QED) is 0.601. The van der Waals surface area contributed by atoms with Crippen LogP contribution in [0.4, 0.5) is 10.5 Å². The van der Waals surface area contributed by atoms with Crippen molar-refractivity contribution in [1.82, 2.24) is 10.2 Å². The number of amides is 3. The molecule has 2 aromatic carbocycles. The lowest BCUT2D eigenvalue weighted by Crippen LogP contribution is -2.34. The van der Waals surface area contributed by atoms with Gasteiger partial charge in [0.05, 0.1) is 5.56 Å². The minimum atomic E-state index is -0.997. The van der Waals surface area contributed by atoms with Gasteiger partial charge in [0.1, 0.15) is 5.75 Å². The van der Waals surface area contributed by atoms with Crippen molar-refractivity contribution in [2.75, 3.05) is 25.0 Å². The summed E-state index contributed by atoms with van der Waals surface area (Å²) in [4.78, 5) is 36.6. The van der Waals surface area contributed by atoms with Crippen molar-refractivity contribution < 1.29 is 24.2 Å². The van der Waals surface area contributed by atoms with E-state index >= 15 is 0 Å². The van der Waals surface area contributed by atoms with Gasteiger partial charge in [-0.2, -0.15) is 0 Å². The van der Waals surface area contributed by atoms with Crippen LogP contribution in [-0.4, -0.2) is 47.6 Å². The number of anilines is 1. The maximum absolute atomic E-state index is 12.1. The van der Waals surface area contributed by atoms with Crippen LogP contribution < -0.4 is 15.4 Å². The van der Waals surface area contributed by atoms with Gasteiger partial charge < -0.3 is 25.4 Å². The Balaban J connectivity index is 1.85. The van der Waals surface area contributed by atoms with E-state index in [-0.39, 0.29) is 24.6 Å². The van der Waals surface area contributed by atoms with Gasteiger partial charge in [0.25, 0.3) is 5.91 Å². The number of rotatable bonds is 9. The highest BCUT2D eigenvalue weighted by molar-refractivity contribution is 5.89. The summed E-state index contributed by atoms with van der Waals surface area (Å²) in [6.07, 6.45) is 0. The molecule has 0 aliphatic heterocycles. The molecule has 0 fully saturated rings. The number of nitrogens with zero attached hydrogens (tertiary/aromatic N) is 1. The lowest BCUT2D eigenvalue weighted by atomic mass is 10.1. The van der Waals surface area contributed by atoms with E-state index in [1.807, 2.05) is 13.8 Å². The molecule has 0 aliphatic rings. The highest BCUT2D eigenvalue weighted by Crippen LogP contribution is 2.17. The maximum Gasteiger partial charge on any atom is 0.335 e. The largest absolute Gasteiger partial charge is 0.484 e. The minimum Gasteiger partial charge on any atom is -0.484 e. The fourth-order valence-electron chi connectivity index (χ4n) is 2.60. The van der Waals surface area contributed by atoms with Crippen molar-refractivity contribution in [1.29, 1.82) is 0 Å². The van der Waals surface area contributed by atoms with Crippen LogP contribution in [0, 0.1) is 0 Å². The first-order chi connectivity index (χ1) is 13.9. The molecule has 0 saturated carbocycles. The molecule has 2 rings (SSSR count). The first-order valence-electron chi connectivity index (χ1n) is 9.30. The second kappa shape index (κ2) is 10.7. The third kappa shape index (κ3) is 6.84. The monoisotopic (exact) mass is 399 g/mol. The zero-order chi connectivity index (χ0) is 21.2. The number of carbonyl (C=O) groups is 3. The number of likely N-dealkylation sites (N-methyl/N-ethyl adjacent to an activating group) is 1. The van der Waals surface area contributed by atoms with E-state index in [4.69, 9.17) is 9.84 Å². The van der Waals surface area contributed by atoms with Gasteiger partial charge in [0, 0.05) is 31.4 Å². The number of urea groups is 1. The number of carbonyl (C=O) groups excluding carboxylic acids is 2. The molecule has 0 saturated heterocycles. The predicted molar refractivity (Wildman–Crippen MR) is 109 cm³/mol. The van der Waals surface area contributed by atoms with Gasteiger partial charge in [0.15, 0.2) is 6.61 Å². The number of hydrogen-bond donors (Lipinski definition) is 3. The Morgan fingerprint density at radius 1 is 1.03 bits per heavy atom. The average molecular weight is 399 g/mol. The molecule has 3 amide bonds. The molecule has 0 aromatic heterocycles. The molecular formula is C21H25N3O5. The van der Waals surface area contributed by atoms with Crippen molar-refractivity contribution in [3.8, 4) is 5.75 Å². The van der Waals surface area contributed by atoms with Gasteiger partial charge >= 0.3 is 12.0 Å². The summed E-state index contributed by atoms with van der Waals surface area (Å²) in [7, 11) is 0. The minimum absolute atomic E-state index is 0.0658. The predicted octanol–water partition coefficient (Wildman–Crippen LogP) is 2.95. The Morgan fingerprint density at radius 3 is 2.34 bits per heavy atom. The summed E-state index contributed by atoms with van der Waals surface area (Å²) in [5.41, 5.74) is 1.49. The molecule has 8 heteroatoms. The van der Waals surface area contributed by atoms with Crippen molar-refractivity contribution >= 4 is 23.6 Å². The molecule has 8 nitrogen and oxygen atoms in total. The SMILES string of the molecule is CCN(CC)C(=O)COc1cccc(NC(=O)NCc2ccc(C(=O)O)cc2)c1. The molecule has 0 bridgehead atoms. The highest BCUT2D eigenvalue weighted by Gasteiger charge is 2.10. The molecule has 0 radical (unpaired) electrons. The first-order valence-corrected chi connectivity index (χ1v) is 9.30. The van der Waals surface area contributed by atoms with Crippen LogP contribution in [0.1, 0.15) is 29.8 Å². The lowest BCUT2D eigenvalue weighted by Gasteiger charge is -2.18. The Hall–Kier alpha value is -3.55. The van der Waals surface area contributed by atoms with E-state index in [9.17, 15) is 14.4 Å². The van der Waals surface area contributed by atoms with E-state index in [1.54, 1.807) is 41.3 Å². The van der Waals surface area contributed by atoms with E-state index in [1.165, 1.54) is 12.1 Å². The average Bonchev–Trinajstić information content (AvgIpc) is 2.72. The first kappa shape index (κ1) is 21.7. The maximum atomic E-state index is 12.1. The molecule has 0 unspecified atom stereocenters. The van der Waals surface area contributed by atoms with Gasteiger partial charge in [-0.3, -0.25) is 4.79 Å². The summed E-state index contributed by atoms with van der Waals surface area (Å²) in [6.45, 7) is 5.25. The summed E-state index contributed by atoms with van der Waals surface area (Å²) in [6, 6.07) is 12.6. The van der Waals surface area contributed by atoms with E-state index in [0.717, 1.165) is 5.56 Å². The smallest absolute Gasteiger partial charge is 0.335 e. The fraction of sp³-hybridized carbons (Fsp3) is 0.286. The molecule has 0 spiro atoms. The zero-order valence-corrected chi connectivity index (χ0v) is 16.5. The molecule has 0 aliphatic carbocycles. The van der Waals surface area contributed by atoms with Crippen molar-refractivity contribution in [3.05, 3.63) is 59.7 Å². The lowest BCUT2D eigenvalue weighted by molar-refractivity contribution is -0.132. The van der Waals surface area contributed by atoms with Gasteiger partial charge in [-0.15, -0.1) is 0 Å². The Labute approximate surface area is 169 Å². The summed E-state index contributed by atoms with van der Waals surface area (Å²) < 4.78 is 5.52. The Bertz CT molecular complexity index is 848. The molecular weight excluding hydrogens is 374 g/mol. The van der Waals surface area contributed by atoms with Crippen LogP contribution >= 0.6 is 0 Å². The highest BCUT2D eigenvalue weighted by atomic mass is 16.5. The summed E-state index contributed by atoms with van der Waals surface area (Å²) in [5, 5.41) is 14.3. The van der Waals surface area contributed by atoms with Crippen molar-refractivity contribution in [2.45, 2.75) is 20.4 Å². The zero-order valence-electron chi connectivity index (χ0n) is 16.5. The van der Waals surface area contributed by atoms with Crippen molar-refractivity contribution in [2.24, 2.45) is 0 Å². The van der Waals surface area contributed by atoms with Crippen LogP contribution in [0.3, 0.4) is 0 Å². The molecule has 3 N–H and O–H groups in total. The van der Waals surface area contributed by atoms with E-state index in [0.29, 0.717) is 24.5 Å². The normalized spacial score (nSPS) is 10.1. The second-order valence-electron chi connectivity index (χ2n) is 6.19. The van der Waals surface area contributed by atoms with Crippen LogP contribution in [0.25, 0.3) is 0 Å². The van der Waals surface area contributed by atoms with Gasteiger partial charge in [-0.1, -0.05) is 18.2 Å². The van der Waals surface area contributed by atoms with Crippen LogP contribution in [0.2, 0.25) is 0 Å². The van der Waals surface area contributed by atoms with Gasteiger partial charge in [-0.25, -0.2) is 9.59 Å². The number of carboxylic acids is 1. The summed E-state index contributed by atoms with van der Waals surface area (Å²) >= 11 is 0. The van der Waals surface area contributed by atoms with E-state index in [2.05, 4.69) is 10.6 Å². The van der Waals surface area contributed by atoms with Crippen LogP contribution in [0.5, 0.6) is 5.75 Å².